The van der Waals surface area contributed by atoms with Crippen molar-refractivity contribution in [3.8, 4) is 5.75 Å². The highest BCUT2D eigenvalue weighted by Crippen LogP contribution is 2.35. The van der Waals surface area contributed by atoms with E-state index in [2.05, 4.69) is 22.2 Å². The average Bonchev–Trinajstić information content (AvgIpc) is 2.82. The highest BCUT2D eigenvalue weighted by atomic mass is 16.6. The molecule has 1 fully saturated rings. The van der Waals surface area contributed by atoms with Gasteiger partial charge in [-0.05, 0) is 18.7 Å². The third-order valence-electron chi connectivity index (χ3n) is 5.97. The summed E-state index contributed by atoms with van der Waals surface area (Å²) >= 11 is 0. The maximum absolute atomic E-state index is 13.1. The summed E-state index contributed by atoms with van der Waals surface area (Å²) in [5.74, 6) is -0.427. The van der Waals surface area contributed by atoms with Crippen LogP contribution in [0.5, 0.6) is 5.75 Å². The van der Waals surface area contributed by atoms with Crippen LogP contribution in [0, 0.1) is 10.1 Å². The monoisotopic (exact) mass is 453 g/mol. The number of likely N-dealkylation sites (N-methyl/N-ethyl adjacent to an activating group) is 1. The summed E-state index contributed by atoms with van der Waals surface area (Å²) in [6, 6.07) is 13.5. The van der Waals surface area contributed by atoms with E-state index < -0.39 is 10.8 Å². The number of amides is 2. The minimum Gasteiger partial charge on any atom is -0.482 e. The van der Waals surface area contributed by atoms with Crippen molar-refractivity contribution in [3.05, 3.63) is 64.2 Å². The number of carbonyl (C=O) groups is 2. The molecule has 10 nitrogen and oxygen atoms in total. The molecule has 0 aromatic heterocycles. The Morgan fingerprint density at radius 1 is 1.15 bits per heavy atom. The molecule has 1 saturated heterocycles. The van der Waals surface area contributed by atoms with Gasteiger partial charge in [0.25, 0.3) is 11.6 Å². The molecule has 0 radical (unpaired) electrons. The van der Waals surface area contributed by atoms with Gasteiger partial charge in [0.05, 0.1) is 16.7 Å². The maximum atomic E-state index is 13.1. The van der Waals surface area contributed by atoms with Gasteiger partial charge in [-0.15, -0.1) is 0 Å². The van der Waals surface area contributed by atoms with Crippen molar-refractivity contribution in [1.82, 2.24) is 15.1 Å². The standard InChI is InChI=1S/C23H27N5O5/c1-25-9-11-26(12-10-25)14-19(17-5-3-2-4-6-17)24-22(29)15-27-20-13-18(28(31)32)7-8-21(20)33-16-23(27)30/h2-8,13,19H,9-12,14-16H2,1H3,(H,24,29). The summed E-state index contributed by atoms with van der Waals surface area (Å²) < 4.78 is 5.39. The van der Waals surface area contributed by atoms with Crippen LogP contribution in [0.2, 0.25) is 0 Å². The van der Waals surface area contributed by atoms with Gasteiger partial charge in [0, 0.05) is 44.9 Å². The Bertz CT molecular complexity index is 1020. The molecule has 10 heteroatoms. The minimum atomic E-state index is -0.543. The Labute approximate surface area is 191 Å². The van der Waals surface area contributed by atoms with E-state index in [9.17, 15) is 19.7 Å². The van der Waals surface area contributed by atoms with Crippen LogP contribution in [-0.2, 0) is 9.59 Å². The number of nitrogens with one attached hydrogen (secondary N) is 1. The van der Waals surface area contributed by atoms with E-state index >= 15 is 0 Å². The van der Waals surface area contributed by atoms with Crippen LogP contribution >= 0.6 is 0 Å². The molecule has 0 bridgehead atoms. The molecule has 4 rings (SSSR count). The molecule has 33 heavy (non-hydrogen) atoms. The summed E-state index contributed by atoms with van der Waals surface area (Å²) in [6.45, 7) is 3.94. The largest absolute Gasteiger partial charge is 0.482 e. The van der Waals surface area contributed by atoms with Crippen molar-refractivity contribution in [2.24, 2.45) is 0 Å². The lowest BCUT2D eigenvalue weighted by molar-refractivity contribution is -0.384. The molecule has 1 unspecified atom stereocenters. The van der Waals surface area contributed by atoms with E-state index in [1.807, 2.05) is 30.3 Å². The maximum Gasteiger partial charge on any atom is 0.271 e. The highest BCUT2D eigenvalue weighted by Gasteiger charge is 2.30. The van der Waals surface area contributed by atoms with Gasteiger partial charge in [-0.2, -0.15) is 0 Å². The molecule has 1 N–H and O–H groups in total. The predicted molar refractivity (Wildman–Crippen MR) is 122 cm³/mol. The van der Waals surface area contributed by atoms with Crippen LogP contribution in [0.25, 0.3) is 0 Å². The number of rotatable bonds is 7. The molecule has 2 amide bonds. The number of carbonyl (C=O) groups excluding carboxylic acids is 2. The zero-order chi connectivity index (χ0) is 23.4. The molecule has 174 valence electrons. The van der Waals surface area contributed by atoms with Crippen molar-refractivity contribution >= 4 is 23.2 Å². The number of hydrogen-bond acceptors (Lipinski definition) is 7. The van der Waals surface area contributed by atoms with E-state index in [1.165, 1.54) is 23.1 Å². The number of anilines is 1. The Kier molecular flexibility index (Phi) is 6.85. The van der Waals surface area contributed by atoms with Crippen LogP contribution in [0.1, 0.15) is 11.6 Å². The van der Waals surface area contributed by atoms with E-state index in [0.29, 0.717) is 12.3 Å². The number of hydrogen-bond donors (Lipinski definition) is 1. The van der Waals surface area contributed by atoms with Crippen LogP contribution in [0.4, 0.5) is 11.4 Å². The van der Waals surface area contributed by atoms with Gasteiger partial charge >= 0.3 is 0 Å². The normalized spacial score (nSPS) is 17.7. The minimum absolute atomic E-state index is 0.172. The number of benzene rings is 2. The van der Waals surface area contributed by atoms with Crippen LogP contribution in [0.3, 0.4) is 0 Å². The Morgan fingerprint density at radius 2 is 1.88 bits per heavy atom. The third kappa shape index (κ3) is 5.47. The van der Waals surface area contributed by atoms with Gasteiger partial charge in [-0.3, -0.25) is 29.5 Å². The Morgan fingerprint density at radius 3 is 2.58 bits per heavy atom. The van der Waals surface area contributed by atoms with Crippen molar-refractivity contribution in [2.45, 2.75) is 6.04 Å². The van der Waals surface area contributed by atoms with Gasteiger partial charge in [-0.25, -0.2) is 0 Å². The number of nitro benzene ring substituents is 1. The van der Waals surface area contributed by atoms with Gasteiger partial charge in [0.15, 0.2) is 6.61 Å². The molecule has 2 aromatic carbocycles. The van der Waals surface area contributed by atoms with Crippen molar-refractivity contribution < 1.29 is 19.2 Å². The number of nitro groups is 1. The number of non-ortho nitro benzene ring substituents is 1. The fraction of sp³-hybridized carbons (Fsp3) is 0.391. The number of nitrogens with zero attached hydrogens (tertiary/aromatic N) is 4. The van der Waals surface area contributed by atoms with Crippen molar-refractivity contribution in [1.29, 1.82) is 0 Å². The summed E-state index contributed by atoms with van der Waals surface area (Å²) in [4.78, 5) is 42.0. The molecular weight excluding hydrogens is 426 g/mol. The quantitative estimate of drug-likeness (QED) is 0.499. The Balaban J connectivity index is 1.50. The van der Waals surface area contributed by atoms with E-state index in [4.69, 9.17) is 4.74 Å². The lowest BCUT2D eigenvalue weighted by Gasteiger charge is -2.35. The van der Waals surface area contributed by atoms with Gasteiger partial charge in [0.1, 0.15) is 12.3 Å². The highest BCUT2D eigenvalue weighted by molar-refractivity contribution is 6.02. The second-order valence-electron chi connectivity index (χ2n) is 8.31. The number of fused-ring (bicyclic) bond motifs is 1. The summed E-state index contributed by atoms with van der Waals surface area (Å²) in [5.41, 5.74) is 1.04. The van der Waals surface area contributed by atoms with Gasteiger partial charge in [0.2, 0.25) is 5.91 Å². The fourth-order valence-electron chi connectivity index (χ4n) is 4.07. The van der Waals surface area contributed by atoms with Crippen molar-refractivity contribution in [3.63, 3.8) is 0 Å². The smallest absolute Gasteiger partial charge is 0.271 e. The molecule has 1 atom stereocenters. The van der Waals surface area contributed by atoms with Gasteiger partial charge < -0.3 is 15.0 Å². The first-order valence-electron chi connectivity index (χ1n) is 10.9. The summed E-state index contributed by atoms with van der Waals surface area (Å²) in [6.07, 6.45) is 0. The van der Waals surface area contributed by atoms with Crippen molar-refractivity contribution in [2.75, 3.05) is 57.8 Å². The molecule has 0 spiro atoms. The molecule has 2 heterocycles. The van der Waals surface area contributed by atoms with E-state index in [0.717, 1.165) is 31.7 Å². The average molecular weight is 453 g/mol. The van der Waals surface area contributed by atoms with E-state index in [-0.39, 0.29) is 36.5 Å². The predicted octanol–water partition coefficient (Wildman–Crippen LogP) is 1.43. The van der Waals surface area contributed by atoms with E-state index in [1.54, 1.807) is 0 Å². The zero-order valence-corrected chi connectivity index (χ0v) is 18.5. The third-order valence-corrected chi connectivity index (χ3v) is 5.97. The summed E-state index contributed by atoms with van der Waals surface area (Å²) in [7, 11) is 2.09. The lowest BCUT2D eigenvalue weighted by atomic mass is 10.1. The zero-order valence-electron chi connectivity index (χ0n) is 18.5. The molecule has 2 aromatic rings. The summed E-state index contributed by atoms with van der Waals surface area (Å²) in [5, 5.41) is 14.2. The fourth-order valence-corrected chi connectivity index (χ4v) is 4.07. The van der Waals surface area contributed by atoms with Gasteiger partial charge in [-0.1, -0.05) is 30.3 Å². The number of ether oxygens (including phenoxy) is 1. The molecule has 0 aliphatic carbocycles. The van der Waals surface area contributed by atoms with Crippen LogP contribution in [-0.4, -0.2) is 79.5 Å². The molecule has 0 saturated carbocycles. The second kappa shape index (κ2) is 9.97. The molecular formula is C23H27N5O5. The first-order valence-corrected chi connectivity index (χ1v) is 10.9. The van der Waals surface area contributed by atoms with Crippen LogP contribution < -0.4 is 15.0 Å². The number of piperazine rings is 1. The van der Waals surface area contributed by atoms with Crippen LogP contribution in [0.15, 0.2) is 48.5 Å². The topological polar surface area (TPSA) is 108 Å². The lowest BCUT2D eigenvalue weighted by Crippen LogP contribution is -2.50. The first kappa shape index (κ1) is 22.7. The Hall–Kier alpha value is -3.50. The second-order valence-corrected chi connectivity index (χ2v) is 8.31. The molecule has 2 aliphatic rings. The molecule has 2 aliphatic heterocycles. The first-order chi connectivity index (χ1) is 15.9. The SMILES string of the molecule is CN1CCN(CC(NC(=O)CN2C(=O)COc3ccc([N+](=O)[O-])cc32)c2ccccc2)CC1.